The van der Waals surface area contributed by atoms with Crippen LogP contribution in [0.2, 0.25) is 10.0 Å². The Morgan fingerprint density at radius 3 is 2.19 bits per heavy atom. The number of carbonyl (C=O) groups excluding carboxylic acids is 2. The standard InChI is InChI=1S/C29H36Cl2N4O2/c1-18-10-19(2)12-20(11-18)28(37)34-8-9-35(24-14-22-5-6-23(15-24)33(22)3)29(17-34,27(36)16-32)21-4-7-25(30)26(31)13-21/h4,7,10-13,22-24H,5-6,8-9,14-17,32H2,1-3H3. The molecule has 6 nitrogen and oxygen atoms in total. The summed E-state index contributed by atoms with van der Waals surface area (Å²) in [5, 5.41) is 0.827. The Bertz CT molecular complexity index is 1190. The summed E-state index contributed by atoms with van der Waals surface area (Å²) in [7, 11) is 2.22. The molecule has 3 heterocycles. The summed E-state index contributed by atoms with van der Waals surface area (Å²) in [6.07, 6.45) is 4.37. The molecule has 37 heavy (non-hydrogen) atoms. The van der Waals surface area contributed by atoms with Gasteiger partial charge in [0.2, 0.25) is 0 Å². The van der Waals surface area contributed by atoms with Gasteiger partial charge in [-0.3, -0.25) is 14.5 Å². The molecule has 2 N–H and O–H groups in total. The molecule has 5 rings (SSSR count). The van der Waals surface area contributed by atoms with Crippen LogP contribution in [0, 0.1) is 13.8 Å². The number of hydrogen-bond donors (Lipinski definition) is 1. The molecule has 3 atom stereocenters. The van der Waals surface area contributed by atoms with Gasteiger partial charge < -0.3 is 15.5 Å². The first-order valence-electron chi connectivity index (χ1n) is 13.2. The Kier molecular flexibility index (Phi) is 7.42. The van der Waals surface area contributed by atoms with Gasteiger partial charge in [-0.15, -0.1) is 0 Å². The van der Waals surface area contributed by atoms with Crippen LogP contribution in [-0.2, 0) is 10.3 Å². The van der Waals surface area contributed by atoms with Gasteiger partial charge in [-0.1, -0.05) is 46.5 Å². The Hall–Kier alpha value is -1.96. The number of benzene rings is 2. The first-order chi connectivity index (χ1) is 17.6. The number of aryl methyl sites for hydroxylation is 2. The molecular formula is C29H36Cl2N4O2. The number of amides is 1. The predicted octanol–water partition coefficient (Wildman–Crippen LogP) is 4.42. The minimum atomic E-state index is -1.09. The number of halogens is 2. The smallest absolute Gasteiger partial charge is 0.254 e. The van der Waals surface area contributed by atoms with E-state index in [1.807, 2.05) is 36.9 Å². The first kappa shape index (κ1) is 26.6. The molecule has 0 aliphatic carbocycles. The number of ketones is 1. The highest BCUT2D eigenvalue weighted by molar-refractivity contribution is 6.42. The van der Waals surface area contributed by atoms with E-state index in [9.17, 15) is 9.59 Å². The van der Waals surface area contributed by atoms with E-state index in [0.29, 0.717) is 40.8 Å². The van der Waals surface area contributed by atoms with Crippen LogP contribution in [0.1, 0.15) is 52.7 Å². The maximum absolute atomic E-state index is 14.0. The molecule has 0 spiro atoms. The minimum Gasteiger partial charge on any atom is -0.335 e. The number of fused-ring (bicyclic) bond motifs is 2. The lowest BCUT2D eigenvalue weighted by molar-refractivity contribution is -0.139. The molecule has 1 amide bonds. The molecule has 2 aromatic carbocycles. The van der Waals surface area contributed by atoms with Crippen LogP contribution < -0.4 is 5.73 Å². The van der Waals surface area contributed by atoms with Gasteiger partial charge >= 0.3 is 0 Å². The van der Waals surface area contributed by atoms with Crippen molar-refractivity contribution in [3.63, 3.8) is 0 Å². The fourth-order valence-electron chi connectivity index (χ4n) is 7.04. The second-order valence-electron chi connectivity index (χ2n) is 11.1. The SMILES string of the molecule is Cc1cc(C)cc(C(=O)N2CCN(C3CC4CCC(C3)N4C)C(C(=O)CN)(c3ccc(Cl)c(Cl)c3)C2)c1. The molecule has 3 aliphatic heterocycles. The van der Waals surface area contributed by atoms with Crippen molar-refractivity contribution in [3.8, 4) is 0 Å². The highest BCUT2D eigenvalue weighted by Gasteiger charge is 2.54. The van der Waals surface area contributed by atoms with Crippen molar-refractivity contribution in [2.75, 3.05) is 33.2 Å². The summed E-state index contributed by atoms with van der Waals surface area (Å²) >= 11 is 12.8. The lowest BCUT2D eigenvalue weighted by Gasteiger charge is -2.55. The van der Waals surface area contributed by atoms with Crippen LogP contribution >= 0.6 is 23.2 Å². The number of piperazine rings is 1. The van der Waals surface area contributed by atoms with Crippen LogP contribution in [0.15, 0.2) is 36.4 Å². The Morgan fingerprint density at radius 2 is 1.59 bits per heavy atom. The summed E-state index contributed by atoms with van der Waals surface area (Å²) in [6, 6.07) is 12.5. The second-order valence-corrected chi connectivity index (χ2v) is 11.9. The maximum atomic E-state index is 14.0. The molecule has 0 radical (unpaired) electrons. The van der Waals surface area contributed by atoms with Gasteiger partial charge in [-0.05, 0) is 76.4 Å². The van der Waals surface area contributed by atoms with Crippen LogP contribution in [0.3, 0.4) is 0 Å². The zero-order chi connectivity index (χ0) is 26.5. The highest BCUT2D eigenvalue weighted by atomic mass is 35.5. The van der Waals surface area contributed by atoms with Crippen molar-refractivity contribution in [3.05, 3.63) is 68.7 Å². The molecule has 3 aliphatic rings. The van der Waals surface area contributed by atoms with Crippen molar-refractivity contribution in [1.82, 2.24) is 14.7 Å². The number of carbonyl (C=O) groups is 2. The summed E-state index contributed by atoms with van der Waals surface area (Å²) in [6.45, 7) is 5.24. The molecular weight excluding hydrogens is 507 g/mol. The van der Waals surface area contributed by atoms with E-state index in [1.54, 1.807) is 12.1 Å². The third-order valence-electron chi connectivity index (χ3n) is 8.83. The van der Waals surface area contributed by atoms with Gasteiger partial charge in [0.15, 0.2) is 5.78 Å². The van der Waals surface area contributed by atoms with Gasteiger partial charge in [-0.25, -0.2) is 0 Å². The molecule has 198 valence electrons. The summed E-state index contributed by atoms with van der Waals surface area (Å²) in [5.41, 5.74) is 8.49. The van der Waals surface area contributed by atoms with Crippen LogP contribution in [0.5, 0.6) is 0 Å². The average molecular weight is 544 g/mol. The van der Waals surface area contributed by atoms with Crippen molar-refractivity contribution in [2.45, 2.75) is 63.2 Å². The molecule has 3 fully saturated rings. The quantitative estimate of drug-likeness (QED) is 0.605. The number of hydrogen-bond acceptors (Lipinski definition) is 5. The molecule has 3 saturated heterocycles. The van der Waals surface area contributed by atoms with Crippen LogP contribution in [0.25, 0.3) is 0 Å². The molecule has 3 unspecified atom stereocenters. The first-order valence-corrected chi connectivity index (χ1v) is 13.9. The van der Waals surface area contributed by atoms with E-state index in [-0.39, 0.29) is 30.8 Å². The maximum Gasteiger partial charge on any atom is 0.254 e. The van der Waals surface area contributed by atoms with Crippen molar-refractivity contribution in [2.24, 2.45) is 5.73 Å². The van der Waals surface area contributed by atoms with E-state index in [4.69, 9.17) is 28.9 Å². The molecule has 2 aromatic rings. The predicted molar refractivity (Wildman–Crippen MR) is 148 cm³/mol. The molecule has 0 aromatic heterocycles. The molecule has 2 bridgehead atoms. The lowest BCUT2D eigenvalue weighted by Crippen LogP contribution is -2.69. The Balaban J connectivity index is 1.59. The normalized spacial score (nSPS) is 28.5. The fraction of sp³-hybridized carbons (Fsp3) is 0.517. The zero-order valence-corrected chi connectivity index (χ0v) is 23.4. The van der Waals surface area contributed by atoms with E-state index in [2.05, 4.69) is 22.9 Å². The van der Waals surface area contributed by atoms with Crippen molar-refractivity contribution < 1.29 is 9.59 Å². The molecule has 8 heteroatoms. The third-order valence-corrected chi connectivity index (χ3v) is 9.57. The number of nitrogens with two attached hydrogens (primary N) is 1. The van der Waals surface area contributed by atoms with Gasteiger partial charge in [0.05, 0.1) is 23.1 Å². The van der Waals surface area contributed by atoms with E-state index >= 15 is 0 Å². The minimum absolute atomic E-state index is 0.0656. The van der Waals surface area contributed by atoms with E-state index in [0.717, 1.165) is 29.5 Å². The van der Waals surface area contributed by atoms with Gasteiger partial charge in [0.1, 0.15) is 5.54 Å². The summed E-state index contributed by atoms with van der Waals surface area (Å²) < 4.78 is 0. The number of rotatable bonds is 5. The number of piperidine rings is 1. The Morgan fingerprint density at radius 1 is 0.946 bits per heavy atom. The van der Waals surface area contributed by atoms with Crippen LogP contribution in [-0.4, -0.2) is 77.7 Å². The van der Waals surface area contributed by atoms with E-state index < -0.39 is 5.54 Å². The van der Waals surface area contributed by atoms with Gasteiger partial charge in [0.25, 0.3) is 5.91 Å². The average Bonchev–Trinajstić information content (AvgIpc) is 3.07. The fourth-order valence-corrected chi connectivity index (χ4v) is 7.34. The number of nitrogens with zero attached hydrogens (tertiary/aromatic N) is 3. The van der Waals surface area contributed by atoms with Gasteiger partial charge in [0, 0.05) is 36.8 Å². The number of Topliss-reactive ketones (excluding diaryl/α,β-unsaturated/α-hetero) is 1. The Labute approximate surface area is 229 Å². The summed E-state index contributed by atoms with van der Waals surface area (Å²) in [4.78, 5) is 34.5. The van der Waals surface area contributed by atoms with Crippen molar-refractivity contribution in [1.29, 1.82) is 0 Å². The highest BCUT2D eigenvalue weighted by Crippen LogP contribution is 2.44. The zero-order valence-electron chi connectivity index (χ0n) is 21.8. The van der Waals surface area contributed by atoms with Crippen LogP contribution in [0.4, 0.5) is 0 Å². The lowest BCUT2D eigenvalue weighted by atomic mass is 9.78. The topological polar surface area (TPSA) is 69.9 Å². The largest absolute Gasteiger partial charge is 0.335 e. The van der Waals surface area contributed by atoms with Gasteiger partial charge in [-0.2, -0.15) is 0 Å². The second kappa shape index (κ2) is 10.3. The van der Waals surface area contributed by atoms with Crippen molar-refractivity contribution >= 4 is 34.9 Å². The monoisotopic (exact) mass is 542 g/mol. The third kappa shape index (κ3) is 4.72. The van der Waals surface area contributed by atoms with E-state index in [1.165, 1.54) is 12.8 Å². The molecule has 0 saturated carbocycles. The summed E-state index contributed by atoms with van der Waals surface area (Å²) in [5.74, 6) is -0.167.